The van der Waals surface area contributed by atoms with Gasteiger partial charge in [-0.1, -0.05) is 19.9 Å². The maximum absolute atomic E-state index is 13.4. The second-order valence-corrected chi connectivity index (χ2v) is 7.79. The zero-order valence-electron chi connectivity index (χ0n) is 17.0. The van der Waals surface area contributed by atoms with Crippen molar-refractivity contribution in [2.75, 3.05) is 0 Å². The van der Waals surface area contributed by atoms with Gasteiger partial charge in [0, 0.05) is 6.07 Å². The Kier molecular flexibility index (Phi) is 8.06. The van der Waals surface area contributed by atoms with E-state index in [-0.39, 0.29) is 5.92 Å². The number of esters is 1. The van der Waals surface area contributed by atoms with E-state index in [9.17, 15) is 14.0 Å². The lowest BCUT2D eigenvalue weighted by Gasteiger charge is -2.29. The molecule has 27 heavy (non-hydrogen) atoms. The third-order valence-electron chi connectivity index (χ3n) is 3.58. The molecule has 1 amide bonds. The van der Waals surface area contributed by atoms with Gasteiger partial charge in [-0.15, -0.1) is 0 Å². The largest absolute Gasteiger partial charge is 0.486 e. The maximum Gasteiger partial charge on any atom is 0.408 e. The third-order valence-corrected chi connectivity index (χ3v) is 3.58. The summed E-state index contributed by atoms with van der Waals surface area (Å²) in [7, 11) is 0. The first-order valence-electron chi connectivity index (χ1n) is 9.01. The van der Waals surface area contributed by atoms with Crippen molar-refractivity contribution in [3.8, 4) is 5.75 Å². The molecule has 0 radical (unpaired) electrons. The molecule has 7 heteroatoms. The molecule has 6 nitrogen and oxygen atoms in total. The number of hydrogen-bond acceptors (Lipinski definition) is 5. The van der Waals surface area contributed by atoms with Gasteiger partial charge in [-0.05, 0) is 52.7 Å². The Balaban J connectivity index is 2.67. The van der Waals surface area contributed by atoms with E-state index in [2.05, 4.69) is 5.32 Å². The fourth-order valence-electron chi connectivity index (χ4n) is 2.37. The predicted octanol–water partition coefficient (Wildman–Crippen LogP) is 4.07. The summed E-state index contributed by atoms with van der Waals surface area (Å²) in [5.41, 5.74) is -0.664. The van der Waals surface area contributed by atoms with E-state index in [1.54, 1.807) is 39.8 Å². The Labute approximate surface area is 160 Å². The van der Waals surface area contributed by atoms with Crippen molar-refractivity contribution in [2.45, 2.75) is 72.3 Å². The highest BCUT2D eigenvalue weighted by Crippen LogP contribution is 2.21. The van der Waals surface area contributed by atoms with Gasteiger partial charge in [0.25, 0.3) is 0 Å². The number of halogens is 1. The summed E-state index contributed by atoms with van der Waals surface area (Å²) in [5, 5.41) is 2.44. The SMILES string of the molecule is CC(C)[C@@H](Oc1cccc(F)c1)[C@H](C)OC(=O)[C@H](C)NC(=O)OC(C)(C)C. The molecule has 0 fully saturated rings. The molecule has 1 aromatic carbocycles. The standard InChI is InChI=1S/C20H30FNO5/c1-12(2)17(26-16-10-8-9-15(21)11-16)14(4)25-18(23)13(3)22-19(24)27-20(5,6)7/h8-14,17H,1-7H3,(H,22,24)/t13-,14-,17+/m0/s1. The normalized spacial score (nSPS) is 14.9. The van der Waals surface area contributed by atoms with Crippen molar-refractivity contribution in [1.29, 1.82) is 0 Å². The summed E-state index contributed by atoms with van der Waals surface area (Å²) in [6.07, 6.45) is -1.79. The summed E-state index contributed by atoms with van der Waals surface area (Å²) in [5.74, 6) is -0.654. The molecule has 0 unspecified atom stereocenters. The molecular formula is C20H30FNO5. The summed E-state index contributed by atoms with van der Waals surface area (Å²) in [6.45, 7) is 12.2. The molecule has 1 N–H and O–H groups in total. The Morgan fingerprint density at radius 1 is 1.11 bits per heavy atom. The van der Waals surface area contributed by atoms with Gasteiger partial charge in [0.1, 0.15) is 35.4 Å². The van der Waals surface area contributed by atoms with Crippen LogP contribution in [0.25, 0.3) is 0 Å². The molecule has 0 bridgehead atoms. The molecule has 0 saturated carbocycles. The first-order chi connectivity index (χ1) is 12.4. The van der Waals surface area contributed by atoms with E-state index >= 15 is 0 Å². The molecule has 0 heterocycles. The number of amides is 1. The summed E-state index contributed by atoms with van der Waals surface area (Å²) >= 11 is 0. The number of carbonyl (C=O) groups excluding carboxylic acids is 2. The van der Waals surface area contributed by atoms with E-state index in [1.807, 2.05) is 13.8 Å². The molecule has 0 spiro atoms. The minimum absolute atomic E-state index is 0.00480. The van der Waals surface area contributed by atoms with Crippen LogP contribution in [0.5, 0.6) is 5.75 Å². The molecule has 0 saturated heterocycles. The number of rotatable bonds is 7. The van der Waals surface area contributed by atoms with Crippen LogP contribution >= 0.6 is 0 Å². The average Bonchev–Trinajstić information content (AvgIpc) is 2.50. The first kappa shape index (κ1) is 22.7. The maximum atomic E-state index is 13.4. The van der Waals surface area contributed by atoms with Gasteiger partial charge in [-0.3, -0.25) is 0 Å². The van der Waals surface area contributed by atoms with E-state index < -0.39 is 41.7 Å². The van der Waals surface area contributed by atoms with Crippen LogP contribution in [0.1, 0.15) is 48.5 Å². The van der Waals surface area contributed by atoms with Gasteiger partial charge in [-0.2, -0.15) is 0 Å². The highest BCUT2D eigenvalue weighted by Gasteiger charge is 2.29. The lowest BCUT2D eigenvalue weighted by Crippen LogP contribution is -2.45. The minimum Gasteiger partial charge on any atom is -0.486 e. The number of benzene rings is 1. The van der Waals surface area contributed by atoms with Gasteiger partial charge >= 0.3 is 12.1 Å². The van der Waals surface area contributed by atoms with Gasteiger partial charge in [0.05, 0.1) is 0 Å². The molecule has 3 atom stereocenters. The molecule has 0 aliphatic heterocycles. The number of ether oxygens (including phenoxy) is 3. The van der Waals surface area contributed by atoms with Crippen LogP contribution in [0.4, 0.5) is 9.18 Å². The second-order valence-electron chi connectivity index (χ2n) is 7.79. The highest BCUT2D eigenvalue weighted by molar-refractivity contribution is 5.81. The van der Waals surface area contributed by atoms with Crippen molar-refractivity contribution in [2.24, 2.45) is 5.92 Å². The Morgan fingerprint density at radius 3 is 2.26 bits per heavy atom. The fraction of sp³-hybridized carbons (Fsp3) is 0.600. The Morgan fingerprint density at radius 2 is 1.74 bits per heavy atom. The second kappa shape index (κ2) is 9.58. The highest BCUT2D eigenvalue weighted by atomic mass is 19.1. The zero-order chi connectivity index (χ0) is 20.8. The van der Waals surface area contributed by atoms with Gasteiger partial charge in [0.15, 0.2) is 0 Å². The van der Waals surface area contributed by atoms with Gasteiger partial charge < -0.3 is 19.5 Å². The Hall–Kier alpha value is -2.31. The first-order valence-corrected chi connectivity index (χ1v) is 9.01. The van der Waals surface area contributed by atoms with Crippen LogP contribution in [-0.4, -0.2) is 35.9 Å². The van der Waals surface area contributed by atoms with Crippen LogP contribution in [0, 0.1) is 11.7 Å². The number of carbonyl (C=O) groups is 2. The monoisotopic (exact) mass is 383 g/mol. The van der Waals surface area contributed by atoms with Crippen LogP contribution in [0.2, 0.25) is 0 Å². The van der Waals surface area contributed by atoms with Crippen LogP contribution < -0.4 is 10.1 Å². The molecule has 0 aliphatic carbocycles. The molecule has 0 aromatic heterocycles. The van der Waals surface area contributed by atoms with Crippen molar-refractivity contribution in [3.05, 3.63) is 30.1 Å². The lowest BCUT2D eigenvalue weighted by molar-refractivity contribution is -0.156. The molecule has 1 rings (SSSR count). The predicted molar refractivity (Wildman–Crippen MR) is 100 cm³/mol. The van der Waals surface area contributed by atoms with Crippen LogP contribution in [0.3, 0.4) is 0 Å². The number of nitrogens with one attached hydrogen (secondary N) is 1. The van der Waals surface area contributed by atoms with Gasteiger partial charge in [0.2, 0.25) is 0 Å². The summed E-state index contributed by atoms with van der Waals surface area (Å²) in [6, 6.07) is 4.90. The smallest absolute Gasteiger partial charge is 0.408 e. The Bertz CT molecular complexity index is 642. The lowest BCUT2D eigenvalue weighted by atomic mass is 10.0. The third kappa shape index (κ3) is 8.28. The topological polar surface area (TPSA) is 73.9 Å². The van der Waals surface area contributed by atoms with E-state index in [1.165, 1.54) is 19.1 Å². The molecule has 152 valence electrons. The van der Waals surface area contributed by atoms with Crippen LogP contribution in [-0.2, 0) is 14.3 Å². The average molecular weight is 383 g/mol. The van der Waals surface area contributed by atoms with Crippen molar-refractivity contribution in [3.63, 3.8) is 0 Å². The number of alkyl carbamates (subject to hydrolysis) is 1. The molecule has 0 aliphatic rings. The minimum atomic E-state index is -0.885. The summed E-state index contributed by atoms with van der Waals surface area (Å²) in [4.78, 5) is 24.1. The quantitative estimate of drug-likeness (QED) is 0.719. The van der Waals surface area contributed by atoms with Crippen molar-refractivity contribution in [1.82, 2.24) is 5.32 Å². The number of hydrogen-bond donors (Lipinski definition) is 1. The van der Waals surface area contributed by atoms with E-state index in [0.29, 0.717) is 5.75 Å². The van der Waals surface area contributed by atoms with Gasteiger partial charge in [-0.25, -0.2) is 14.0 Å². The molecule has 1 aromatic rings. The van der Waals surface area contributed by atoms with Crippen LogP contribution in [0.15, 0.2) is 24.3 Å². The van der Waals surface area contributed by atoms with Crippen molar-refractivity contribution >= 4 is 12.1 Å². The zero-order valence-corrected chi connectivity index (χ0v) is 17.0. The van der Waals surface area contributed by atoms with E-state index in [0.717, 1.165) is 0 Å². The fourth-order valence-corrected chi connectivity index (χ4v) is 2.37. The van der Waals surface area contributed by atoms with Crippen molar-refractivity contribution < 1.29 is 28.2 Å². The molecular weight excluding hydrogens is 353 g/mol. The van der Waals surface area contributed by atoms with E-state index in [4.69, 9.17) is 14.2 Å². The summed E-state index contributed by atoms with van der Waals surface area (Å²) < 4.78 is 29.7.